The molecule has 0 N–H and O–H groups in total. The summed E-state index contributed by atoms with van der Waals surface area (Å²) in [7, 11) is 3.18. The van der Waals surface area contributed by atoms with Gasteiger partial charge in [0.15, 0.2) is 18.1 Å². The first-order valence-corrected chi connectivity index (χ1v) is 10.1. The van der Waals surface area contributed by atoms with Gasteiger partial charge in [-0.2, -0.15) is 0 Å². The lowest BCUT2D eigenvalue weighted by Gasteiger charge is -2.38. The summed E-state index contributed by atoms with van der Waals surface area (Å²) >= 11 is 0. The Morgan fingerprint density at radius 2 is 1.84 bits per heavy atom. The molecule has 32 heavy (non-hydrogen) atoms. The number of fused-ring (bicyclic) bond motifs is 1. The summed E-state index contributed by atoms with van der Waals surface area (Å²) in [5.74, 6) is 0.360. The molecule has 0 fully saturated rings. The van der Waals surface area contributed by atoms with E-state index in [-0.39, 0.29) is 25.1 Å². The number of benzene rings is 2. The van der Waals surface area contributed by atoms with Crippen LogP contribution in [0, 0.1) is 0 Å². The summed E-state index contributed by atoms with van der Waals surface area (Å²) in [5.41, 5.74) is 2.98. The largest absolute Gasteiger partial charge is 0.493 e. The number of hydrogen-bond donors (Lipinski definition) is 0. The summed E-state index contributed by atoms with van der Waals surface area (Å²) in [6, 6.07) is 13.3. The average molecular weight is 437 g/mol. The summed E-state index contributed by atoms with van der Waals surface area (Å²) in [6.45, 7) is -0.0550. The molecule has 4 rings (SSSR count). The minimum absolute atomic E-state index is 0.164. The Morgan fingerprint density at radius 3 is 2.53 bits per heavy atom. The Hall–Kier alpha value is -3.95. The van der Waals surface area contributed by atoms with E-state index in [2.05, 4.69) is 15.5 Å². The predicted molar refractivity (Wildman–Crippen MR) is 112 cm³/mol. The molecule has 2 aromatic carbocycles. The van der Waals surface area contributed by atoms with Crippen LogP contribution in [0.5, 0.6) is 11.5 Å². The van der Waals surface area contributed by atoms with Gasteiger partial charge in [0.2, 0.25) is 0 Å². The highest BCUT2D eigenvalue weighted by atomic mass is 16.5. The minimum Gasteiger partial charge on any atom is -0.493 e. The number of tetrazole rings is 1. The van der Waals surface area contributed by atoms with E-state index in [9.17, 15) is 9.59 Å². The number of nitrogens with zero attached hydrogens (tertiary/aromatic N) is 5. The van der Waals surface area contributed by atoms with Crippen molar-refractivity contribution in [2.24, 2.45) is 0 Å². The molecular formula is C22H23N5O5. The fourth-order valence-electron chi connectivity index (χ4n) is 3.87. The quantitative estimate of drug-likeness (QED) is 0.511. The summed E-state index contributed by atoms with van der Waals surface area (Å²) < 4.78 is 17.4. The second-order valence-electron chi connectivity index (χ2n) is 7.22. The number of carbonyl (C=O) groups excluding carboxylic acids is 2. The van der Waals surface area contributed by atoms with Crippen molar-refractivity contribution in [2.45, 2.75) is 19.0 Å². The van der Waals surface area contributed by atoms with E-state index in [1.165, 1.54) is 11.0 Å². The maximum Gasteiger partial charge on any atom is 0.328 e. The molecule has 1 aliphatic rings. The van der Waals surface area contributed by atoms with Gasteiger partial charge in [-0.05, 0) is 45.7 Å². The lowest BCUT2D eigenvalue weighted by molar-refractivity contribution is -0.153. The third-order valence-corrected chi connectivity index (χ3v) is 5.35. The van der Waals surface area contributed by atoms with Crippen LogP contribution < -0.4 is 9.47 Å². The Bertz CT molecular complexity index is 1090. The van der Waals surface area contributed by atoms with Crippen LogP contribution in [0.2, 0.25) is 0 Å². The van der Waals surface area contributed by atoms with Gasteiger partial charge in [-0.1, -0.05) is 30.3 Å². The number of methoxy groups -OCH3 is 2. The van der Waals surface area contributed by atoms with Crippen LogP contribution in [0.15, 0.2) is 48.8 Å². The summed E-state index contributed by atoms with van der Waals surface area (Å²) in [6.07, 6.45) is 1.95. The molecule has 10 heteroatoms. The monoisotopic (exact) mass is 437 g/mol. The molecule has 0 aliphatic carbocycles. The first-order valence-electron chi connectivity index (χ1n) is 10.1. The van der Waals surface area contributed by atoms with E-state index in [1.807, 2.05) is 42.5 Å². The standard InChI is InChI=1S/C22H23N5O5/c1-30-18-10-16-8-9-27(20(28)13-32-21(29)12-26-14-23-24-25-26)22(15-6-4-3-5-7-15)17(16)11-19(18)31-2/h3-7,10-11,14,22H,8-9,12-13H2,1-2H3. The maximum atomic E-state index is 13.1. The van der Waals surface area contributed by atoms with Crippen LogP contribution >= 0.6 is 0 Å². The molecule has 0 saturated heterocycles. The molecule has 1 atom stereocenters. The highest BCUT2D eigenvalue weighted by Gasteiger charge is 2.33. The zero-order valence-electron chi connectivity index (χ0n) is 17.8. The number of aromatic nitrogens is 4. The second-order valence-corrected chi connectivity index (χ2v) is 7.22. The molecule has 0 spiro atoms. The fraction of sp³-hybridized carbons (Fsp3) is 0.318. The normalized spacial score (nSPS) is 15.1. The van der Waals surface area contributed by atoms with Crippen molar-refractivity contribution in [2.75, 3.05) is 27.4 Å². The van der Waals surface area contributed by atoms with Crippen molar-refractivity contribution in [3.05, 3.63) is 65.5 Å². The second kappa shape index (κ2) is 9.46. The first kappa shape index (κ1) is 21.3. The van der Waals surface area contributed by atoms with Gasteiger partial charge in [-0.3, -0.25) is 9.59 Å². The van der Waals surface area contributed by atoms with Gasteiger partial charge in [0, 0.05) is 6.54 Å². The van der Waals surface area contributed by atoms with Crippen LogP contribution in [-0.2, 0) is 27.3 Å². The molecule has 0 radical (unpaired) electrons. The van der Waals surface area contributed by atoms with Gasteiger partial charge in [-0.15, -0.1) is 5.10 Å². The van der Waals surface area contributed by atoms with Crippen LogP contribution in [-0.4, -0.2) is 64.4 Å². The highest BCUT2D eigenvalue weighted by molar-refractivity contribution is 5.82. The van der Waals surface area contributed by atoms with Crippen LogP contribution in [0.4, 0.5) is 0 Å². The topological polar surface area (TPSA) is 109 Å². The first-order chi connectivity index (χ1) is 15.6. The number of hydrogen-bond acceptors (Lipinski definition) is 8. The molecule has 10 nitrogen and oxygen atoms in total. The van der Waals surface area contributed by atoms with E-state index in [0.29, 0.717) is 24.5 Å². The van der Waals surface area contributed by atoms with E-state index in [4.69, 9.17) is 14.2 Å². The molecule has 1 aromatic heterocycles. The number of rotatable bonds is 7. The zero-order chi connectivity index (χ0) is 22.5. The molecule has 1 amide bonds. The average Bonchev–Trinajstić information content (AvgIpc) is 3.34. The van der Waals surface area contributed by atoms with Crippen LogP contribution in [0.3, 0.4) is 0 Å². The zero-order valence-corrected chi connectivity index (χ0v) is 17.8. The van der Waals surface area contributed by atoms with E-state index >= 15 is 0 Å². The number of esters is 1. The van der Waals surface area contributed by atoms with Gasteiger partial charge in [-0.25, -0.2) is 4.68 Å². The number of carbonyl (C=O) groups is 2. The summed E-state index contributed by atoms with van der Waals surface area (Å²) in [4.78, 5) is 26.9. The molecule has 1 aliphatic heterocycles. The minimum atomic E-state index is -0.592. The SMILES string of the molecule is COc1cc2c(cc1OC)C(c1ccccc1)N(C(=O)COC(=O)Cn1cnnn1)CC2. The van der Waals surface area contributed by atoms with Gasteiger partial charge < -0.3 is 19.1 Å². The Labute approximate surface area is 184 Å². The smallest absolute Gasteiger partial charge is 0.328 e. The number of ether oxygens (including phenoxy) is 3. The molecule has 3 aromatic rings. The number of amides is 1. The molecular weight excluding hydrogens is 414 g/mol. The molecule has 2 heterocycles. The van der Waals surface area contributed by atoms with Crippen molar-refractivity contribution < 1.29 is 23.8 Å². The van der Waals surface area contributed by atoms with Crippen molar-refractivity contribution in [3.8, 4) is 11.5 Å². The molecule has 0 saturated carbocycles. The van der Waals surface area contributed by atoms with Gasteiger partial charge in [0.25, 0.3) is 5.91 Å². The van der Waals surface area contributed by atoms with Crippen LogP contribution in [0.1, 0.15) is 22.7 Å². The van der Waals surface area contributed by atoms with E-state index in [0.717, 1.165) is 16.7 Å². The Kier molecular flexibility index (Phi) is 6.29. The van der Waals surface area contributed by atoms with Crippen molar-refractivity contribution in [1.82, 2.24) is 25.1 Å². The lowest BCUT2D eigenvalue weighted by atomic mass is 9.87. The van der Waals surface area contributed by atoms with Gasteiger partial charge in [0.1, 0.15) is 12.9 Å². The third kappa shape index (κ3) is 4.39. The van der Waals surface area contributed by atoms with Crippen LogP contribution in [0.25, 0.3) is 0 Å². The Morgan fingerprint density at radius 1 is 1.09 bits per heavy atom. The summed E-state index contributed by atoms with van der Waals surface area (Å²) in [5, 5.41) is 10.5. The molecule has 1 unspecified atom stereocenters. The third-order valence-electron chi connectivity index (χ3n) is 5.35. The van der Waals surface area contributed by atoms with Gasteiger partial charge in [0.05, 0.1) is 20.3 Å². The lowest BCUT2D eigenvalue weighted by Crippen LogP contribution is -2.42. The van der Waals surface area contributed by atoms with Crippen molar-refractivity contribution in [3.63, 3.8) is 0 Å². The maximum absolute atomic E-state index is 13.1. The van der Waals surface area contributed by atoms with E-state index < -0.39 is 5.97 Å². The molecule has 166 valence electrons. The van der Waals surface area contributed by atoms with Crippen molar-refractivity contribution in [1.29, 1.82) is 0 Å². The Balaban J connectivity index is 1.59. The van der Waals surface area contributed by atoms with E-state index in [1.54, 1.807) is 19.1 Å². The fourth-order valence-corrected chi connectivity index (χ4v) is 3.87. The van der Waals surface area contributed by atoms with Crippen molar-refractivity contribution >= 4 is 11.9 Å². The van der Waals surface area contributed by atoms with Gasteiger partial charge >= 0.3 is 5.97 Å². The molecule has 0 bridgehead atoms. The highest BCUT2D eigenvalue weighted by Crippen LogP contribution is 2.41. The predicted octanol–water partition coefficient (Wildman–Crippen LogP) is 1.41.